The fraction of sp³-hybridized carbons (Fsp3) is 0.588. The Morgan fingerprint density at radius 1 is 1.36 bits per heavy atom. The van der Waals surface area contributed by atoms with Crippen molar-refractivity contribution in [3.8, 4) is 6.07 Å². The van der Waals surface area contributed by atoms with E-state index in [-0.39, 0.29) is 11.6 Å². The first-order valence-electron chi connectivity index (χ1n) is 8.46. The van der Waals surface area contributed by atoms with Gasteiger partial charge in [-0.3, -0.25) is 4.90 Å². The van der Waals surface area contributed by atoms with Crippen molar-refractivity contribution in [2.75, 3.05) is 51.3 Å². The molecule has 0 bridgehead atoms. The van der Waals surface area contributed by atoms with Gasteiger partial charge < -0.3 is 20.7 Å². The molecular formula is C17H26N6O2. The van der Waals surface area contributed by atoms with Crippen molar-refractivity contribution in [3.05, 3.63) is 23.9 Å². The van der Waals surface area contributed by atoms with Crippen LogP contribution in [0.5, 0.6) is 0 Å². The second kappa shape index (κ2) is 9.20. The summed E-state index contributed by atoms with van der Waals surface area (Å²) < 4.78 is 5.37. The highest BCUT2D eigenvalue weighted by Gasteiger charge is 2.28. The third kappa shape index (κ3) is 5.89. The number of ether oxygens (including phenoxy) is 1. The number of carbonyl (C=O) groups excluding carboxylic acids is 1. The predicted molar refractivity (Wildman–Crippen MR) is 95.3 cm³/mol. The molecule has 0 spiro atoms. The second-order valence-corrected chi connectivity index (χ2v) is 6.46. The summed E-state index contributed by atoms with van der Waals surface area (Å²) in [6, 6.07) is 5.28. The van der Waals surface area contributed by atoms with Crippen LogP contribution in [0.25, 0.3) is 0 Å². The summed E-state index contributed by atoms with van der Waals surface area (Å²) in [6.07, 6.45) is 1.62. The van der Waals surface area contributed by atoms with Gasteiger partial charge in [-0.05, 0) is 26.0 Å². The van der Waals surface area contributed by atoms with Gasteiger partial charge in [0, 0.05) is 44.5 Å². The molecular weight excluding hydrogens is 320 g/mol. The van der Waals surface area contributed by atoms with Crippen molar-refractivity contribution in [1.29, 1.82) is 5.26 Å². The summed E-state index contributed by atoms with van der Waals surface area (Å²) in [7, 11) is 0. The number of amides is 2. The van der Waals surface area contributed by atoms with E-state index in [4.69, 9.17) is 10.00 Å². The molecule has 1 fully saturated rings. The van der Waals surface area contributed by atoms with E-state index in [1.165, 1.54) is 0 Å². The van der Waals surface area contributed by atoms with E-state index in [1.807, 2.05) is 0 Å². The largest absolute Gasteiger partial charge is 0.379 e. The minimum atomic E-state index is -0.204. The van der Waals surface area contributed by atoms with Crippen molar-refractivity contribution in [1.82, 2.24) is 20.5 Å². The van der Waals surface area contributed by atoms with Crippen LogP contribution in [-0.4, -0.2) is 67.4 Å². The molecule has 136 valence electrons. The lowest BCUT2D eigenvalue weighted by Gasteiger charge is -2.40. The van der Waals surface area contributed by atoms with Crippen LogP contribution in [-0.2, 0) is 4.74 Å². The number of rotatable bonds is 7. The molecule has 1 aliphatic heterocycles. The predicted octanol–water partition coefficient (Wildman–Crippen LogP) is 0.775. The summed E-state index contributed by atoms with van der Waals surface area (Å²) in [5.41, 5.74) is 0.369. The first-order chi connectivity index (χ1) is 12.0. The molecule has 8 nitrogen and oxygen atoms in total. The van der Waals surface area contributed by atoms with Crippen LogP contribution in [0.15, 0.2) is 18.3 Å². The minimum Gasteiger partial charge on any atom is -0.379 e. The van der Waals surface area contributed by atoms with Gasteiger partial charge in [-0.1, -0.05) is 0 Å². The molecule has 0 saturated carbocycles. The Morgan fingerprint density at radius 3 is 2.84 bits per heavy atom. The van der Waals surface area contributed by atoms with E-state index in [1.54, 1.807) is 18.3 Å². The molecule has 2 rings (SSSR count). The summed E-state index contributed by atoms with van der Waals surface area (Å²) in [4.78, 5) is 18.4. The molecule has 1 aliphatic rings. The summed E-state index contributed by atoms with van der Waals surface area (Å²) in [5, 5.41) is 17.8. The van der Waals surface area contributed by atoms with Crippen LogP contribution in [0.1, 0.15) is 19.4 Å². The smallest absolute Gasteiger partial charge is 0.314 e. The Bertz CT molecular complexity index is 607. The lowest BCUT2D eigenvalue weighted by molar-refractivity contribution is -0.00874. The quantitative estimate of drug-likeness (QED) is 0.631. The number of aromatic nitrogens is 1. The van der Waals surface area contributed by atoms with Gasteiger partial charge in [-0.25, -0.2) is 9.78 Å². The highest BCUT2D eigenvalue weighted by Crippen LogP contribution is 2.14. The lowest BCUT2D eigenvalue weighted by Crippen LogP contribution is -2.56. The maximum Gasteiger partial charge on any atom is 0.314 e. The van der Waals surface area contributed by atoms with Crippen molar-refractivity contribution < 1.29 is 9.53 Å². The van der Waals surface area contributed by atoms with E-state index >= 15 is 0 Å². The van der Waals surface area contributed by atoms with Gasteiger partial charge in [0.05, 0.1) is 18.8 Å². The van der Waals surface area contributed by atoms with E-state index in [0.29, 0.717) is 31.0 Å². The monoisotopic (exact) mass is 346 g/mol. The SMILES string of the molecule is CC(C)(CNC(=O)NCCNc1ncccc1C#N)N1CCOCC1. The minimum absolute atomic E-state index is 0.116. The topological polar surface area (TPSA) is 102 Å². The van der Waals surface area contributed by atoms with Crippen molar-refractivity contribution in [3.63, 3.8) is 0 Å². The molecule has 1 saturated heterocycles. The van der Waals surface area contributed by atoms with Crippen molar-refractivity contribution in [2.24, 2.45) is 0 Å². The third-order valence-corrected chi connectivity index (χ3v) is 4.18. The second-order valence-electron chi connectivity index (χ2n) is 6.46. The van der Waals surface area contributed by atoms with Gasteiger partial charge >= 0.3 is 6.03 Å². The molecule has 0 atom stereocenters. The molecule has 0 aromatic carbocycles. The molecule has 3 N–H and O–H groups in total. The highest BCUT2D eigenvalue weighted by molar-refractivity contribution is 5.73. The maximum atomic E-state index is 11.9. The number of urea groups is 1. The van der Waals surface area contributed by atoms with Gasteiger partial charge in [-0.2, -0.15) is 5.26 Å². The number of hydrogen-bond acceptors (Lipinski definition) is 6. The van der Waals surface area contributed by atoms with Crippen LogP contribution >= 0.6 is 0 Å². The summed E-state index contributed by atoms with van der Waals surface area (Å²) >= 11 is 0. The number of carbonyl (C=O) groups is 1. The van der Waals surface area contributed by atoms with Crippen LogP contribution in [0.4, 0.5) is 10.6 Å². The fourth-order valence-electron chi connectivity index (χ4n) is 2.63. The molecule has 0 unspecified atom stereocenters. The average Bonchev–Trinajstić information content (AvgIpc) is 2.64. The lowest BCUT2D eigenvalue weighted by atomic mass is 10.0. The van der Waals surface area contributed by atoms with Gasteiger partial charge in [0.1, 0.15) is 11.9 Å². The zero-order valence-electron chi connectivity index (χ0n) is 14.8. The van der Waals surface area contributed by atoms with Crippen LogP contribution in [0, 0.1) is 11.3 Å². The Balaban J connectivity index is 1.66. The van der Waals surface area contributed by atoms with Crippen LogP contribution in [0.2, 0.25) is 0 Å². The Kier molecular flexibility index (Phi) is 6.98. The molecule has 8 heteroatoms. The number of hydrogen-bond donors (Lipinski definition) is 3. The molecule has 1 aromatic rings. The zero-order valence-corrected chi connectivity index (χ0v) is 14.8. The maximum absolute atomic E-state index is 11.9. The van der Waals surface area contributed by atoms with Gasteiger partial charge in [0.25, 0.3) is 0 Å². The van der Waals surface area contributed by atoms with Crippen LogP contribution < -0.4 is 16.0 Å². The van der Waals surface area contributed by atoms with Crippen LogP contribution in [0.3, 0.4) is 0 Å². The first kappa shape index (κ1) is 19.0. The standard InChI is InChI=1S/C17H26N6O2/c1-17(2,23-8-10-25-11-9-23)13-22-16(24)21-7-6-20-15-14(12-18)4-3-5-19-15/h3-5H,6-11,13H2,1-2H3,(H,19,20)(H2,21,22,24). The van der Waals surface area contributed by atoms with Gasteiger partial charge in [0.15, 0.2) is 0 Å². The average molecular weight is 346 g/mol. The summed E-state index contributed by atoms with van der Waals surface area (Å²) in [5.74, 6) is 0.528. The number of morpholine rings is 1. The molecule has 0 radical (unpaired) electrons. The van der Waals surface area contributed by atoms with E-state index in [2.05, 4.69) is 45.8 Å². The normalized spacial score (nSPS) is 15.2. The number of nitrogens with one attached hydrogen (secondary N) is 3. The molecule has 25 heavy (non-hydrogen) atoms. The third-order valence-electron chi connectivity index (χ3n) is 4.18. The number of nitrogens with zero attached hydrogens (tertiary/aromatic N) is 3. The summed E-state index contributed by atoms with van der Waals surface area (Å²) in [6.45, 7) is 8.95. The van der Waals surface area contributed by atoms with Gasteiger partial charge in [0.2, 0.25) is 0 Å². The molecule has 2 amide bonds. The first-order valence-corrected chi connectivity index (χ1v) is 8.46. The fourth-order valence-corrected chi connectivity index (χ4v) is 2.63. The number of pyridine rings is 1. The van der Waals surface area contributed by atoms with Gasteiger partial charge in [-0.15, -0.1) is 0 Å². The number of nitriles is 1. The Hall–Kier alpha value is -2.37. The Labute approximate surface area is 148 Å². The molecule has 2 heterocycles. The Morgan fingerprint density at radius 2 is 2.12 bits per heavy atom. The zero-order chi connectivity index (χ0) is 18.1. The molecule has 0 aliphatic carbocycles. The van der Waals surface area contributed by atoms with E-state index < -0.39 is 0 Å². The van der Waals surface area contributed by atoms with E-state index in [0.717, 1.165) is 26.3 Å². The van der Waals surface area contributed by atoms with Crippen molar-refractivity contribution in [2.45, 2.75) is 19.4 Å². The number of anilines is 1. The highest BCUT2D eigenvalue weighted by atomic mass is 16.5. The van der Waals surface area contributed by atoms with E-state index in [9.17, 15) is 4.79 Å². The van der Waals surface area contributed by atoms with Crippen molar-refractivity contribution >= 4 is 11.8 Å². The molecule has 1 aromatic heterocycles.